The van der Waals surface area contributed by atoms with Gasteiger partial charge in [-0.25, -0.2) is 9.13 Å². The normalized spacial score (nSPS) is 14.8. The monoisotopic (exact) mass is 1380 g/mol. The van der Waals surface area contributed by atoms with Crippen molar-refractivity contribution in [2.75, 3.05) is 39.6 Å². The highest BCUT2D eigenvalue weighted by Gasteiger charge is 2.30. The Morgan fingerprint density at radius 1 is 0.340 bits per heavy atom. The van der Waals surface area contributed by atoms with Crippen molar-refractivity contribution in [2.45, 2.75) is 381 Å². The Balaban J connectivity index is 5.27. The van der Waals surface area contributed by atoms with Crippen molar-refractivity contribution in [3.8, 4) is 0 Å². The van der Waals surface area contributed by atoms with Gasteiger partial charge < -0.3 is 33.8 Å². The van der Waals surface area contributed by atoms with Gasteiger partial charge in [0, 0.05) is 25.7 Å². The fourth-order valence-electron chi connectivity index (χ4n) is 10.9. The minimum absolute atomic E-state index is 0.101. The van der Waals surface area contributed by atoms with Gasteiger partial charge in [-0.2, -0.15) is 0 Å². The average molecular weight is 1380 g/mol. The molecule has 0 aromatic rings. The average Bonchev–Trinajstić information content (AvgIpc) is 2.20. The number of esters is 4. The second-order valence-electron chi connectivity index (χ2n) is 26.8. The lowest BCUT2D eigenvalue weighted by Crippen LogP contribution is -2.30. The maximum absolute atomic E-state index is 13.1. The van der Waals surface area contributed by atoms with Crippen molar-refractivity contribution < 1.29 is 80.2 Å². The highest BCUT2D eigenvalue weighted by Crippen LogP contribution is 2.45. The van der Waals surface area contributed by atoms with Crippen LogP contribution in [0.5, 0.6) is 0 Å². The molecule has 3 N–H and O–H groups in total. The van der Waals surface area contributed by atoms with Crippen LogP contribution in [0.4, 0.5) is 0 Å². The molecule has 0 saturated carbocycles. The van der Waals surface area contributed by atoms with Gasteiger partial charge >= 0.3 is 39.5 Å². The van der Waals surface area contributed by atoms with Crippen LogP contribution in [0.15, 0.2) is 24.3 Å². The molecule has 0 radical (unpaired) electrons. The van der Waals surface area contributed by atoms with Crippen molar-refractivity contribution in [1.82, 2.24) is 0 Å². The molecule has 19 heteroatoms. The quantitative estimate of drug-likeness (QED) is 0.0169. The molecule has 0 fully saturated rings. The predicted octanol–water partition coefficient (Wildman–Crippen LogP) is 21.5. The number of unbranched alkanes of at least 4 members (excludes halogenated alkanes) is 37. The summed E-state index contributed by atoms with van der Waals surface area (Å²) in [5.74, 6) is -0.538. The lowest BCUT2D eigenvalue weighted by molar-refractivity contribution is -0.161. The Morgan fingerprint density at radius 2 is 0.596 bits per heavy atom. The summed E-state index contributed by atoms with van der Waals surface area (Å²) in [7, 11) is -9.92. The molecule has 0 bridgehead atoms. The van der Waals surface area contributed by atoms with Gasteiger partial charge in [0.1, 0.15) is 19.3 Å². The number of aliphatic hydroxyl groups is 1. The van der Waals surface area contributed by atoms with Gasteiger partial charge in [-0.1, -0.05) is 310 Å². The van der Waals surface area contributed by atoms with E-state index in [0.717, 1.165) is 121 Å². The molecule has 0 amide bonds. The summed E-state index contributed by atoms with van der Waals surface area (Å²) >= 11 is 0. The number of allylic oxidation sites excluding steroid dienone is 4. The summed E-state index contributed by atoms with van der Waals surface area (Å²) in [5, 5.41) is 10.6. The molecule has 0 aliphatic rings. The second kappa shape index (κ2) is 66.4. The molecule has 0 aliphatic carbocycles. The molecule has 554 valence electrons. The Hall–Kier alpha value is -2.46. The van der Waals surface area contributed by atoms with E-state index in [2.05, 4.69) is 65.8 Å². The van der Waals surface area contributed by atoms with Crippen LogP contribution in [0.1, 0.15) is 363 Å². The van der Waals surface area contributed by atoms with E-state index in [4.69, 9.17) is 37.0 Å². The third kappa shape index (κ3) is 65.5. The van der Waals surface area contributed by atoms with E-state index in [1.165, 1.54) is 161 Å². The molecular weight excluding hydrogens is 1230 g/mol. The first-order chi connectivity index (χ1) is 45.4. The Kier molecular flexibility index (Phi) is 64.7. The molecule has 94 heavy (non-hydrogen) atoms. The number of phosphoric acid groups is 2. The lowest BCUT2D eigenvalue weighted by Gasteiger charge is -2.21. The van der Waals surface area contributed by atoms with Crippen LogP contribution < -0.4 is 0 Å². The minimum Gasteiger partial charge on any atom is -0.462 e. The number of hydrogen-bond donors (Lipinski definition) is 3. The third-order valence-corrected chi connectivity index (χ3v) is 19.5. The van der Waals surface area contributed by atoms with Gasteiger partial charge in [-0.3, -0.25) is 37.3 Å². The van der Waals surface area contributed by atoms with Gasteiger partial charge in [0.05, 0.1) is 26.4 Å². The van der Waals surface area contributed by atoms with Crippen LogP contribution in [0, 0.1) is 11.8 Å². The van der Waals surface area contributed by atoms with E-state index in [-0.39, 0.29) is 25.7 Å². The number of rotatable bonds is 72. The fraction of sp³-hybridized carbons (Fsp3) is 0.893. The van der Waals surface area contributed by atoms with Gasteiger partial charge in [-0.15, -0.1) is 0 Å². The van der Waals surface area contributed by atoms with Crippen LogP contribution >= 0.6 is 15.6 Å². The number of ether oxygens (including phenoxy) is 4. The van der Waals surface area contributed by atoms with E-state index < -0.39 is 97.5 Å². The van der Waals surface area contributed by atoms with Crippen LogP contribution in [-0.2, 0) is 65.4 Å². The summed E-state index contributed by atoms with van der Waals surface area (Å²) in [6.07, 6.45) is 56.2. The molecule has 0 aromatic heterocycles. The summed E-state index contributed by atoms with van der Waals surface area (Å²) in [5.41, 5.74) is 0. The molecule has 4 unspecified atom stereocenters. The third-order valence-electron chi connectivity index (χ3n) is 17.6. The van der Waals surface area contributed by atoms with Crippen molar-refractivity contribution in [3.05, 3.63) is 24.3 Å². The van der Waals surface area contributed by atoms with E-state index >= 15 is 0 Å². The molecule has 0 spiro atoms. The molecule has 0 saturated heterocycles. The van der Waals surface area contributed by atoms with E-state index in [1.807, 2.05) is 0 Å². The summed E-state index contributed by atoms with van der Waals surface area (Å²) in [6.45, 7) is 9.55. The van der Waals surface area contributed by atoms with Gasteiger partial charge in [0.25, 0.3) is 0 Å². The zero-order valence-corrected chi connectivity index (χ0v) is 62.5. The van der Waals surface area contributed by atoms with Crippen molar-refractivity contribution in [1.29, 1.82) is 0 Å². The molecule has 0 aliphatic heterocycles. The first-order valence-corrected chi connectivity index (χ1v) is 41.4. The topological polar surface area (TPSA) is 237 Å². The molecular formula is C75H142O17P2. The van der Waals surface area contributed by atoms with Crippen LogP contribution in [0.25, 0.3) is 0 Å². The van der Waals surface area contributed by atoms with Crippen LogP contribution in [-0.4, -0.2) is 96.7 Å². The standard InChI is InChI=1S/C75H142O17P2/c1-7-11-13-15-17-19-20-21-22-26-29-33-40-46-52-58-73(78)86-64-70(91-74(79)59-53-47-41-34-30-27-24-23-25-28-32-37-43-49-55-67(5)9-3)65-89-93(81,82)87-61-69(76)62-88-94(83,84)90-66-71(63-85-72(77)57-51-45-39-31-18-16-14-12-8-2)92-75(80)60-54-48-42-36-35-38-44-50-56-68(6)10-4/h19-22,67-71,76H,7-18,23-66H2,1-6H3,(H,81,82)(H,83,84)/b20-19-,22-21-/t67?,68?,69-,70-,71-/m1/s1. The highest BCUT2D eigenvalue weighted by atomic mass is 31.2. The summed E-state index contributed by atoms with van der Waals surface area (Å²) < 4.78 is 68.4. The number of carbonyl (C=O) groups is 4. The van der Waals surface area contributed by atoms with E-state index in [0.29, 0.717) is 25.7 Å². The maximum Gasteiger partial charge on any atom is 0.472 e. The number of phosphoric ester groups is 2. The molecule has 0 rings (SSSR count). The Morgan fingerprint density at radius 3 is 0.904 bits per heavy atom. The van der Waals surface area contributed by atoms with E-state index in [9.17, 15) is 43.2 Å². The van der Waals surface area contributed by atoms with Gasteiger partial charge in [-0.05, 0) is 63.2 Å². The second-order valence-corrected chi connectivity index (χ2v) is 29.7. The summed E-state index contributed by atoms with van der Waals surface area (Å²) in [4.78, 5) is 72.7. The largest absolute Gasteiger partial charge is 0.472 e. The number of carbonyl (C=O) groups excluding carboxylic acids is 4. The smallest absolute Gasteiger partial charge is 0.462 e. The number of hydrogen-bond acceptors (Lipinski definition) is 15. The first-order valence-electron chi connectivity index (χ1n) is 38.4. The first kappa shape index (κ1) is 91.5. The minimum atomic E-state index is -4.96. The van der Waals surface area contributed by atoms with Gasteiger partial charge in [0.2, 0.25) is 0 Å². The zero-order chi connectivity index (χ0) is 69.3. The van der Waals surface area contributed by atoms with Gasteiger partial charge in [0.15, 0.2) is 12.2 Å². The lowest BCUT2D eigenvalue weighted by atomic mass is 9.99. The molecule has 0 aromatic carbocycles. The highest BCUT2D eigenvalue weighted by molar-refractivity contribution is 7.47. The fourth-order valence-corrected chi connectivity index (χ4v) is 12.5. The van der Waals surface area contributed by atoms with Crippen LogP contribution in [0.3, 0.4) is 0 Å². The summed E-state index contributed by atoms with van der Waals surface area (Å²) in [6, 6.07) is 0. The van der Waals surface area contributed by atoms with Crippen molar-refractivity contribution in [2.24, 2.45) is 11.8 Å². The SMILES string of the molecule is CCCCCC/C=C\C=C/CCCCCCCC(=O)OC[C@H](COP(=O)(O)OC[C@@H](O)COP(=O)(O)OC[C@@H](COC(=O)CCCCCCCCCCC)OC(=O)CCCCCCCCCCC(C)CC)OC(=O)CCCCCCCCCCCCCCCCC(C)CC. The maximum atomic E-state index is 13.1. The Bertz CT molecular complexity index is 1920. The zero-order valence-electron chi connectivity index (χ0n) is 60.7. The van der Waals surface area contributed by atoms with Crippen molar-refractivity contribution >= 4 is 39.5 Å². The number of aliphatic hydroxyl groups excluding tert-OH is 1. The molecule has 7 atom stereocenters. The Labute approximate surface area is 573 Å². The molecule has 17 nitrogen and oxygen atoms in total. The molecule has 0 heterocycles. The van der Waals surface area contributed by atoms with Crippen molar-refractivity contribution in [3.63, 3.8) is 0 Å². The predicted molar refractivity (Wildman–Crippen MR) is 381 cm³/mol. The van der Waals surface area contributed by atoms with Crippen LogP contribution in [0.2, 0.25) is 0 Å². The van der Waals surface area contributed by atoms with E-state index in [1.54, 1.807) is 0 Å².